The van der Waals surface area contributed by atoms with Crippen molar-refractivity contribution >= 4 is 40.9 Å². The van der Waals surface area contributed by atoms with Gasteiger partial charge in [-0.1, -0.05) is 30.6 Å². The fourth-order valence-electron chi connectivity index (χ4n) is 7.43. The van der Waals surface area contributed by atoms with Crippen molar-refractivity contribution in [3.05, 3.63) is 14.5 Å². The largest absolute Gasteiger partial charge is 0.480 e. The number of thiazole rings is 1. The van der Waals surface area contributed by atoms with E-state index in [4.69, 9.17) is 5.11 Å². The Morgan fingerprint density at radius 1 is 1.10 bits per heavy atom. The molecule has 9 heteroatoms. The van der Waals surface area contributed by atoms with Crippen LogP contribution in [-0.4, -0.2) is 44.6 Å². The highest BCUT2D eigenvalue weighted by Crippen LogP contribution is 2.71. The van der Waals surface area contributed by atoms with Gasteiger partial charge in [0.2, 0.25) is 11.8 Å². The van der Waals surface area contributed by atoms with Crippen LogP contribution in [0.1, 0.15) is 43.4 Å². The van der Waals surface area contributed by atoms with E-state index in [1.54, 1.807) is 11.8 Å². The molecular formula is C20H22N2O5S2. The number of carbonyl (C=O) groups excluding carboxylic acids is 2. The smallest absolute Gasteiger partial charge is 0.323 e. The van der Waals surface area contributed by atoms with Crippen LogP contribution in [0.3, 0.4) is 0 Å². The molecule has 3 heterocycles. The number of hydrogen-bond acceptors (Lipinski definition) is 6. The first-order valence-corrected chi connectivity index (χ1v) is 12.1. The second-order valence-corrected chi connectivity index (χ2v) is 11.4. The molecule has 6 rings (SSSR count). The van der Waals surface area contributed by atoms with E-state index in [0.29, 0.717) is 5.92 Å². The molecule has 3 aliphatic carbocycles. The molecule has 1 aromatic rings. The van der Waals surface area contributed by atoms with E-state index in [9.17, 15) is 19.2 Å². The lowest BCUT2D eigenvalue weighted by atomic mass is 9.57. The van der Waals surface area contributed by atoms with Crippen LogP contribution < -0.4 is 4.87 Å². The number of thioether (sulfide) groups is 1. The quantitative estimate of drug-likeness (QED) is 0.690. The molecule has 0 unspecified atom stereocenters. The fraction of sp³-hybridized carbons (Fsp3) is 0.700. The molecule has 1 spiro atoms. The molecule has 2 N–H and O–H groups in total. The third-order valence-corrected chi connectivity index (χ3v) is 10.9. The molecule has 0 radical (unpaired) electrons. The van der Waals surface area contributed by atoms with Crippen molar-refractivity contribution in [3.8, 4) is 0 Å². The van der Waals surface area contributed by atoms with Gasteiger partial charge in [0.25, 0.3) is 0 Å². The number of nitrogens with zero attached hydrogens (tertiary/aromatic N) is 1. The number of carbonyl (C=O) groups is 3. The molecule has 1 saturated heterocycles. The van der Waals surface area contributed by atoms with Gasteiger partial charge in [0, 0.05) is 15.5 Å². The number of aromatic nitrogens is 1. The monoisotopic (exact) mass is 434 g/mol. The zero-order chi connectivity index (χ0) is 20.1. The number of rotatable bonds is 2. The molecule has 3 saturated carbocycles. The molecule has 0 aromatic carbocycles. The van der Waals surface area contributed by atoms with Gasteiger partial charge in [-0.15, -0.1) is 11.8 Å². The predicted molar refractivity (Wildman–Crippen MR) is 106 cm³/mol. The van der Waals surface area contributed by atoms with Crippen molar-refractivity contribution in [1.82, 2.24) is 9.88 Å². The minimum Gasteiger partial charge on any atom is -0.480 e. The molecule has 2 aliphatic heterocycles. The van der Waals surface area contributed by atoms with Crippen molar-refractivity contribution in [3.63, 3.8) is 0 Å². The number of amides is 2. The van der Waals surface area contributed by atoms with E-state index in [1.165, 1.54) is 22.6 Å². The predicted octanol–water partition coefficient (Wildman–Crippen LogP) is 2.06. The van der Waals surface area contributed by atoms with Gasteiger partial charge in [0.05, 0.1) is 16.9 Å². The number of carboxylic acid groups (broad SMARTS) is 1. The van der Waals surface area contributed by atoms with Gasteiger partial charge in [-0.2, -0.15) is 0 Å². The van der Waals surface area contributed by atoms with E-state index in [0.717, 1.165) is 42.0 Å². The number of aromatic amines is 1. The van der Waals surface area contributed by atoms with Gasteiger partial charge in [-0.05, 0) is 37.0 Å². The average Bonchev–Trinajstić information content (AvgIpc) is 3.41. The molecule has 7 nitrogen and oxygen atoms in total. The van der Waals surface area contributed by atoms with Gasteiger partial charge < -0.3 is 10.1 Å². The number of likely N-dealkylation sites (tertiary alicyclic amines) is 1. The average molecular weight is 435 g/mol. The Hall–Kier alpha value is -1.61. The molecule has 1 aromatic heterocycles. The van der Waals surface area contributed by atoms with Crippen LogP contribution in [0.5, 0.6) is 0 Å². The first kappa shape index (κ1) is 18.2. The van der Waals surface area contributed by atoms with Gasteiger partial charge >= 0.3 is 10.8 Å². The third-order valence-electron chi connectivity index (χ3n) is 8.19. The third kappa shape index (κ3) is 2.20. The molecular weight excluding hydrogens is 412 g/mol. The molecule has 2 bridgehead atoms. The van der Waals surface area contributed by atoms with Crippen LogP contribution in [0.2, 0.25) is 0 Å². The summed E-state index contributed by atoms with van der Waals surface area (Å²) in [6.07, 6.45) is 6.40. The lowest BCUT2D eigenvalue weighted by Crippen LogP contribution is -2.51. The van der Waals surface area contributed by atoms with Crippen molar-refractivity contribution < 1.29 is 19.5 Å². The Kier molecular flexibility index (Phi) is 3.74. The minimum absolute atomic E-state index is 0.0141. The first-order valence-electron chi connectivity index (χ1n) is 10.4. The van der Waals surface area contributed by atoms with Gasteiger partial charge in [-0.3, -0.25) is 24.1 Å². The van der Waals surface area contributed by atoms with Gasteiger partial charge in [0.15, 0.2) is 0 Å². The van der Waals surface area contributed by atoms with E-state index < -0.39 is 12.5 Å². The summed E-state index contributed by atoms with van der Waals surface area (Å²) >= 11 is 3.04. The molecule has 2 amide bonds. The maximum atomic E-state index is 13.1. The standard InChI is InChI=1S/C20H22N2O5S2/c23-10(24)7-22-17(25)11-8-6-9(12(11)18(22)26)14-13(8)20(4-2-1-3-5-20)15-16(28-14)21-19(27)29-15/h8-9,11-14H,1-7H2,(H,21,27)(H,23,24)/t8-,9-,11+,12-,13-,14-/m0/s1. The number of hydrogen-bond donors (Lipinski definition) is 2. The second-order valence-electron chi connectivity index (χ2n) is 9.27. The molecule has 154 valence electrons. The topological polar surface area (TPSA) is 108 Å². The zero-order valence-corrected chi connectivity index (χ0v) is 17.4. The first-order chi connectivity index (χ1) is 13.9. The van der Waals surface area contributed by atoms with Crippen LogP contribution in [0.4, 0.5) is 0 Å². The zero-order valence-electron chi connectivity index (χ0n) is 15.8. The summed E-state index contributed by atoms with van der Waals surface area (Å²) in [4.78, 5) is 54.7. The Morgan fingerprint density at radius 3 is 2.48 bits per heavy atom. The van der Waals surface area contributed by atoms with Crippen molar-refractivity contribution in [2.45, 2.75) is 54.2 Å². The van der Waals surface area contributed by atoms with Crippen LogP contribution in [0.25, 0.3) is 0 Å². The number of aliphatic carboxylic acids is 1. The van der Waals surface area contributed by atoms with E-state index >= 15 is 0 Å². The summed E-state index contributed by atoms with van der Waals surface area (Å²) in [6.45, 7) is -0.529. The highest BCUT2D eigenvalue weighted by molar-refractivity contribution is 8.00. The van der Waals surface area contributed by atoms with E-state index in [1.807, 2.05) is 0 Å². The van der Waals surface area contributed by atoms with E-state index in [-0.39, 0.29) is 51.0 Å². The normalized spacial score (nSPS) is 39.0. The van der Waals surface area contributed by atoms with Crippen LogP contribution in [0.15, 0.2) is 9.82 Å². The van der Waals surface area contributed by atoms with Crippen molar-refractivity contribution in [1.29, 1.82) is 0 Å². The molecule has 6 atom stereocenters. The molecule has 5 aliphatic rings. The maximum Gasteiger partial charge on any atom is 0.323 e. The lowest BCUT2D eigenvalue weighted by molar-refractivity contribution is -0.150. The SMILES string of the molecule is O=C(O)CN1C(=O)[C@@H]2[C@@H]3C[C@H]([C@@H]4Sc5[nH]c(=O)sc5C5(CCCCC5)[C@@H]34)[C@@H]2C1=O. The summed E-state index contributed by atoms with van der Waals surface area (Å²) in [7, 11) is 0. The van der Waals surface area contributed by atoms with Crippen LogP contribution in [-0.2, 0) is 19.8 Å². The van der Waals surface area contributed by atoms with Crippen molar-refractivity contribution in [2.24, 2.45) is 29.6 Å². The second kappa shape index (κ2) is 5.97. The van der Waals surface area contributed by atoms with Gasteiger partial charge in [-0.25, -0.2) is 0 Å². The molecule has 29 heavy (non-hydrogen) atoms. The highest BCUT2D eigenvalue weighted by atomic mass is 32.2. The summed E-state index contributed by atoms with van der Waals surface area (Å²) in [5, 5.41) is 10.4. The number of imide groups is 1. The highest BCUT2D eigenvalue weighted by Gasteiger charge is 2.72. The number of nitrogens with one attached hydrogen (secondary N) is 1. The number of H-pyrrole nitrogens is 1. The number of fused-ring (bicyclic) bond motifs is 11. The van der Waals surface area contributed by atoms with Crippen LogP contribution >= 0.6 is 23.1 Å². The Morgan fingerprint density at radius 2 is 1.79 bits per heavy atom. The summed E-state index contributed by atoms with van der Waals surface area (Å²) in [5.74, 6) is -1.98. The summed E-state index contributed by atoms with van der Waals surface area (Å²) in [6, 6.07) is 0. The van der Waals surface area contributed by atoms with E-state index in [2.05, 4.69) is 4.98 Å². The summed E-state index contributed by atoms with van der Waals surface area (Å²) in [5.41, 5.74) is -0.0682. The number of carboxylic acids is 1. The molecule has 4 fully saturated rings. The minimum atomic E-state index is -1.14. The van der Waals surface area contributed by atoms with Crippen LogP contribution in [0, 0.1) is 29.6 Å². The van der Waals surface area contributed by atoms with Crippen molar-refractivity contribution in [2.75, 3.05) is 6.54 Å². The Labute approximate surface area is 175 Å². The fourth-order valence-corrected chi connectivity index (χ4v) is 10.6. The Bertz CT molecular complexity index is 993. The Balaban J connectivity index is 1.45. The van der Waals surface area contributed by atoms with Gasteiger partial charge in [0.1, 0.15) is 6.54 Å². The maximum absolute atomic E-state index is 13.1. The summed E-state index contributed by atoms with van der Waals surface area (Å²) < 4.78 is 0. The lowest BCUT2D eigenvalue weighted by Gasteiger charge is -2.52.